The van der Waals surface area contributed by atoms with Gasteiger partial charge in [0.05, 0.1) is 17.1 Å². The molecule has 3 heterocycles. The highest BCUT2D eigenvalue weighted by Crippen LogP contribution is 2.38. The molecule has 0 radical (unpaired) electrons. The number of pyridine rings is 2. The number of aryl methyl sites for hydroxylation is 1. The Morgan fingerprint density at radius 1 is 1.22 bits per heavy atom. The van der Waals surface area contributed by atoms with E-state index in [9.17, 15) is 9.18 Å². The maximum atomic E-state index is 15.2. The van der Waals surface area contributed by atoms with Gasteiger partial charge in [0, 0.05) is 41.5 Å². The lowest BCUT2D eigenvalue weighted by molar-refractivity contribution is 0.159. The molecule has 1 fully saturated rings. The number of urea groups is 1. The second-order valence-electron chi connectivity index (χ2n) is 8.46. The third-order valence-electron chi connectivity index (χ3n) is 6.26. The number of benzene rings is 1. The van der Waals surface area contributed by atoms with Crippen LogP contribution < -0.4 is 21.7 Å². The largest absolute Gasteiger partial charge is 0.396 e. The first-order valence-corrected chi connectivity index (χ1v) is 10.7. The zero-order chi connectivity index (χ0) is 22.4. The molecule has 2 amide bonds. The second-order valence-corrected chi connectivity index (χ2v) is 8.46. The van der Waals surface area contributed by atoms with Gasteiger partial charge in [-0.25, -0.2) is 18.6 Å². The predicted molar refractivity (Wildman–Crippen MR) is 121 cm³/mol. The van der Waals surface area contributed by atoms with Gasteiger partial charge in [0.15, 0.2) is 5.82 Å². The van der Waals surface area contributed by atoms with Crippen LogP contribution in [-0.2, 0) is 6.42 Å². The fraction of sp³-hybridized carbons (Fsp3) is 0.348. The van der Waals surface area contributed by atoms with Crippen LogP contribution in [0.1, 0.15) is 30.5 Å². The van der Waals surface area contributed by atoms with E-state index in [0.717, 1.165) is 36.3 Å². The number of fused-ring (bicyclic) bond motifs is 2. The number of aromatic nitrogens is 2. The fourth-order valence-corrected chi connectivity index (χ4v) is 4.39. The van der Waals surface area contributed by atoms with Crippen molar-refractivity contribution in [2.75, 3.05) is 22.9 Å². The topological polar surface area (TPSA) is 105 Å². The zero-order valence-electron chi connectivity index (χ0n) is 17.6. The van der Waals surface area contributed by atoms with Crippen LogP contribution in [-0.4, -0.2) is 34.8 Å². The Hall–Kier alpha value is -3.49. The average Bonchev–Trinajstić information content (AvgIpc) is 2.76. The highest BCUT2D eigenvalue weighted by molar-refractivity contribution is 5.99. The van der Waals surface area contributed by atoms with Crippen molar-refractivity contribution in [1.82, 2.24) is 15.3 Å². The van der Waals surface area contributed by atoms with Crippen LogP contribution in [0.3, 0.4) is 0 Å². The highest BCUT2D eigenvalue weighted by atomic mass is 19.1. The van der Waals surface area contributed by atoms with E-state index in [1.165, 1.54) is 6.20 Å². The van der Waals surface area contributed by atoms with Gasteiger partial charge in [0.25, 0.3) is 0 Å². The minimum Gasteiger partial charge on any atom is -0.396 e. The van der Waals surface area contributed by atoms with Gasteiger partial charge in [-0.2, -0.15) is 0 Å². The molecule has 2 aliphatic rings. The lowest BCUT2D eigenvalue weighted by Crippen LogP contribution is -2.46. The molecule has 1 saturated carbocycles. The molecule has 5 N–H and O–H groups in total. The number of carbonyl (C=O) groups is 1. The molecule has 1 aliphatic heterocycles. The number of alkyl halides is 1. The molecule has 9 heteroatoms. The van der Waals surface area contributed by atoms with E-state index in [1.807, 2.05) is 6.92 Å². The zero-order valence-corrected chi connectivity index (χ0v) is 17.6. The number of nitrogens with two attached hydrogens (primary N) is 1. The lowest BCUT2D eigenvalue weighted by atomic mass is 9.91. The molecule has 2 aromatic heterocycles. The number of carbonyl (C=O) groups excluding carboxylic acids is 1. The molecule has 5 rings (SSSR count). The Balaban J connectivity index is 1.49. The number of anilines is 3. The summed E-state index contributed by atoms with van der Waals surface area (Å²) in [5, 5.41) is 9.82. The summed E-state index contributed by atoms with van der Waals surface area (Å²) in [4.78, 5) is 20.9. The predicted octanol–water partition coefficient (Wildman–Crippen LogP) is 4.31. The number of nitrogens with zero attached hydrogens (tertiary/aromatic N) is 2. The molecule has 7 nitrogen and oxygen atoms in total. The fourth-order valence-electron chi connectivity index (χ4n) is 4.39. The molecule has 1 aliphatic carbocycles. The van der Waals surface area contributed by atoms with Gasteiger partial charge in [-0.1, -0.05) is 0 Å². The summed E-state index contributed by atoms with van der Waals surface area (Å²) in [6.07, 6.45) is 4.82. The number of nitrogens with one attached hydrogen (secondary N) is 3. The average molecular weight is 438 g/mol. The third kappa shape index (κ3) is 3.57. The van der Waals surface area contributed by atoms with Crippen LogP contribution in [0.5, 0.6) is 0 Å². The van der Waals surface area contributed by atoms with Crippen molar-refractivity contribution in [3.63, 3.8) is 0 Å². The molecule has 0 unspecified atom stereocenters. The highest BCUT2D eigenvalue weighted by Gasteiger charge is 2.30. The Kier molecular flexibility index (Phi) is 5.03. The minimum absolute atomic E-state index is 0.00506. The van der Waals surface area contributed by atoms with Crippen LogP contribution in [0.4, 0.5) is 30.8 Å². The van der Waals surface area contributed by atoms with Gasteiger partial charge in [-0.3, -0.25) is 10.3 Å². The van der Waals surface area contributed by atoms with Gasteiger partial charge in [-0.05, 0) is 55.7 Å². The Morgan fingerprint density at radius 3 is 2.81 bits per heavy atom. The number of hydrogen-bond donors (Lipinski definition) is 4. The SMILES string of the molecule is Cc1c(-c2cc3cc(NC(=O)N[C@H]4C[C@@H](F)C4)ncc3c(N)c2F)cnc2c1NCCC2. The van der Waals surface area contributed by atoms with Gasteiger partial charge in [0.1, 0.15) is 12.0 Å². The first kappa shape index (κ1) is 20.4. The summed E-state index contributed by atoms with van der Waals surface area (Å²) < 4.78 is 28.2. The van der Waals surface area contributed by atoms with Crippen LogP contribution in [0.2, 0.25) is 0 Å². The maximum absolute atomic E-state index is 15.2. The number of nitrogen functional groups attached to an aromatic ring is 1. The van der Waals surface area contributed by atoms with E-state index < -0.39 is 18.0 Å². The lowest BCUT2D eigenvalue weighted by Gasteiger charge is -2.30. The van der Waals surface area contributed by atoms with E-state index in [0.29, 0.717) is 40.6 Å². The molecule has 32 heavy (non-hydrogen) atoms. The molecule has 0 bridgehead atoms. The van der Waals surface area contributed by atoms with Gasteiger partial charge < -0.3 is 16.4 Å². The van der Waals surface area contributed by atoms with Crippen molar-refractivity contribution in [1.29, 1.82) is 0 Å². The first-order chi connectivity index (χ1) is 15.4. The minimum atomic E-state index is -0.855. The molecule has 3 aromatic rings. The molecular weight excluding hydrogens is 414 g/mol. The summed E-state index contributed by atoms with van der Waals surface area (Å²) in [6, 6.07) is 2.72. The molecule has 0 spiro atoms. The van der Waals surface area contributed by atoms with E-state index in [4.69, 9.17) is 5.73 Å². The number of halogens is 2. The number of amides is 2. The molecule has 1 aromatic carbocycles. The normalized spacial score (nSPS) is 19.6. The van der Waals surface area contributed by atoms with Crippen molar-refractivity contribution in [2.45, 2.75) is 44.8 Å². The Labute approximate surface area is 183 Å². The molecular formula is C23H24F2N6O. The summed E-state index contributed by atoms with van der Waals surface area (Å²) in [6.45, 7) is 2.80. The summed E-state index contributed by atoms with van der Waals surface area (Å²) in [5.41, 5.74) is 9.98. The molecule has 0 atom stereocenters. The maximum Gasteiger partial charge on any atom is 0.320 e. The summed E-state index contributed by atoms with van der Waals surface area (Å²) in [5.74, 6) is -0.228. The summed E-state index contributed by atoms with van der Waals surface area (Å²) in [7, 11) is 0. The standard InChI is InChI=1S/C23H24F2N6O/c1-11-16(9-28-18-3-2-4-27-22(11)18)15-5-12-6-19(29-10-17(12)21(26)20(15)25)31-23(32)30-14-7-13(24)8-14/h5-6,9-10,13-14,27H,2-4,7-8,26H2,1H3,(H2,29,30,31,32)/t13-,14+. The Morgan fingerprint density at radius 2 is 2.03 bits per heavy atom. The monoisotopic (exact) mass is 438 g/mol. The third-order valence-corrected chi connectivity index (χ3v) is 6.26. The van der Waals surface area contributed by atoms with Crippen molar-refractivity contribution in [3.8, 4) is 11.1 Å². The van der Waals surface area contributed by atoms with E-state index in [1.54, 1.807) is 18.3 Å². The Bertz CT molecular complexity index is 1230. The van der Waals surface area contributed by atoms with Crippen LogP contribution in [0.25, 0.3) is 21.9 Å². The van der Waals surface area contributed by atoms with Gasteiger partial charge in [0.2, 0.25) is 0 Å². The van der Waals surface area contributed by atoms with Crippen molar-refractivity contribution in [3.05, 3.63) is 41.6 Å². The van der Waals surface area contributed by atoms with Crippen LogP contribution in [0, 0.1) is 12.7 Å². The number of rotatable bonds is 3. The quantitative estimate of drug-likeness (QED) is 0.456. The van der Waals surface area contributed by atoms with E-state index in [-0.39, 0.29) is 11.7 Å². The second kappa shape index (κ2) is 7.89. The number of hydrogen-bond acceptors (Lipinski definition) is 5. The van der Waals surface area contributed by atoms with Crippen molar-refractivity contribution >= 4 is 34.0 Å². The van der Waals surface area contributed by atoms with Gasteiger partial charge >= 0.3 is 6.03 Å². The van der Waals surface area contributed by atoms with Crippen LogP contribution in [0.15, 0.2) is 24.5 Å². The van der Waals surface area contributed by atoms with Crippen molar-refractivity contribution in [2.24, 2.45) is 0 Å². The molecule has 0 saturated heterocycles. The molecule has 166 valence electrons. The van der Waals surface area contributed by atoms with E-state index >= 15 is 4.39 Å². The van der Waals surface area contributed by atoms with Crippen molar-refractivity contribution < 1.29 is 13.6 Å². The first-order valence-electron chi connectivity index (χ1n) is 10.7. The van der Waals surface area contributed by atoms with Crippen LogP contribution >= 0.6 is 0 Å². The van der Waals surface area contributed by atoms with Gasteiger partial charge in [-0.15, -0.1) is 0 Å². The van der Waals surface area contributed by atoms with E-state index in [2.05, 4.69) is 25.9 Å². The smallest absolute Gasteiger partial charge is 0.320 e. The summed E-state index contributed by atoms with van der Waals surface area (Å²) >= 11 is 0.